The van der Waals surface area contributed by atoms with Gasteiger partial charge in [-0.05, 0) is 67.0 Å². The van der Waals surface area contributed by atoms with E-state index in [4.69, 9.17) is 0 Å². The van der Waals surface area contributed by atoms with Crippen molar-refractivity contribution in [3.8, 4) is 17.2 Å². The lowest BCUT2D eigenvalue weighted by molar-refractivity contribution is 0.253. The van der Waals surface area contributed by atoms with Gasteiger partial charge in [0.15, 0.2) is 11.5 Å². The van der Waals surface area contributed by atoms with Crippen molar-refractivity contribution in [2.75, 3.05) is 0 Å². The second-order valence-corrected chi connectivity index (χ2v) is 7.06. The molecule has 0 aromatic heterocycles. The van der Waals surface area contributed by atoms with Crippen molar-refractivity contribution in [2.45, 2.75) is 50.9 Å². The molecule has 2 aromatic rings. The van der Waals surface area contributed by atoms with Crippen LogP contribution in [0.2, 0.25) is 0 Å². The standard InChI is InChI=1S/C21H26O3/c1-2-3-15-10-12-21(13-11-15,16-4-7-18(22)8-5-16)17-6-9-19(23)20(24)14-17/h4-9,14-15,22-24H,2-3,10-13H2,1H3. The van der Waals surface area contributed by atoms with E-state index in [-0.39, 0.29) is 22.7 Å². The molecule has 0 radical (unpaired) electrons. The van der Waals surface area contributed by atoms with Gasteiger partial charge in [-0.25, -0.2) is 0 Å². The first-order valence-electron chi connectivity index (χ1n) is 8.87. The first-order chi connectivity index (χ1) is 11.5. The Labute approximate surface area is 143 Å². The van der Waals surface area contributed by atoms with Crippen LogP contribution in [0.15, 0.2) is 42.5 Å². The fourth-order valence-electron chi connectivity index (χ4n) is 4.21. The first-order valence-corrected chi connectivity index (χ1v) is 8.87. The summed E-state index contributed by atoms with van der Waals surface area (Å²) in [6.07, 6.45) is 6.86. The maximum Gasteiger partial charge on any atom is 0.157 e. The molecule has 0 saturated heterocycles. The van der Waals surface area contributed by atoms with Gasteiger partial charge in [0.1, 0.15) is 5.75 Å². The Morgan fingerprint density at radius 2 is 1.50 bits per heavy atom. The quantitative estimate of drug-likeness (QED) is 0.687. The van der Waals surface area contributed by atoms with Gasteiger partial charge in [-0.15, -0.1) is 0 Å². The molecule has 0 atom stereocenters. The van der Waals surface area contributed by atoms with E-state index in [2.05, 4.69) is 6.92 Å². The minimum absolute atomic E-state index is 0.0682. The minimum Gasteiger partial charge on any atom is -0.508 e. The Bertz CT molecular complexity index is 683. The Balaban J connectivity index is 2.01. The SMILES string of the molecule is CCCC1CCC(c2ccc(O)cc2)(c2ccc(O)c(O)c2)CC1. The lowest BCUT2D eigenvalue weighted by Gasteiger charge is -2.41. The molecular weight excluding hydrogens is 300 g/mol. The molecule has 0 spiro atoms. The van der Waals surface area contributed by atoms with E-state index >= 15 is 0 Å². The molecular formula is C21H26O3. The van der Waals surface area contributed by atoms with Crippen LogP contribution in [0.4, 0.5) is 0 Å². The van der Waals surface area contributed by atoms with Gasteiger partial charge >= 0.3 is 0 Å². The topological polar surface area (TPSA) is 60.7 Å². The third-order valence-electron chi connectivity index (χ3n) is 5.60. The van der Waals surface area contributed by atoms with Crippen molar-refractivity contribution in [1.82, 2.24) is 0 Å². The maximum absolute atomic E-state index is 9.98. The van der Waals surface area contributed by atoms with Gasteiger partial charge < -0.3 is 15.3 Å². The molecule has 3 N–H and O–H groups in total. The van der Waals surface area contributed by atoms with Crippen molar-refractivity contribution in [1.29, 1.82) is 0 Å². The highest BCUT2D eigenvalue weighted by Crippen LogP contribution is 2.48. The number of rotatable bonds is 4. The van der Waals surface area contributed by atoms with Crippen molar-refractivity contribution >= 4 is 0 Å². The van der Waals surface area contributed by atoms with Crippen LogP contribution in [0, 0.1) is 5.92 Å². The van der Waals surface area contributed by atoms with Crippen molar-refractivity contribution in [3.05, 3.63) is 53.6 Å². The molecule has 3 nitrogen and oxygen atoms in total. The van der Waals surface area contributed by atoms with E-state index in [9.17, 15) is 15.3 Å². The van der Waals surface area contributed by atoms with Crippen LogP contribution in [0.3, 0.4) is 0 Å². The molecule has 1 aliphatic carbocycles. The Morgan fingerprint density at radius 1 is 0.875 bits per heavy atom. The van der Waals surface area contributed by atoms with E-state index in [1.165, 1.54) is 18.4 Å². The van der Waals surface area contributed by atoms with Crippen LogP contribution in [0.5, 0.6) is 17.2 Å². The fraction of sp³-hybridized carbons (Fsp3) is 0.429. The van der Waals surface area contributed by atoms with Gasteiger partial charge in [0.25, 0.3) is 0 Å². The predicted octanol–water partition coefficient (Wildman–Crippen LogP) is 5.08. The highest BCUT2D eigenvalue weighted by molar-refractivity contribution is 5.48. The van der Waals surface area contributed by atoms with E-state index in [1.54, 1.807) is 24.3 Å². The molecule has 3 rings (SSSR count). The zero-order valence-electron chi connectivity index (χ0n) is 14.2. The zero-order valence-corrected chi connectivity index (χ0v) is 14.2. The predicted molar refractivity (Wildman–Crippen MR) is 95.5 cm³/mol. The molecule has 0 heterocycles. The molecule has 1 aliphatic rings. The summed E-state index contributed by atoms with van der Waals surface area (Å²) >= 11 is 0. The first kappa shape index (κ1) is 16.7. The molecule has 1 saturated carbocycles. The number of aromatic hydroxyl groups is 3. The van der Waals surface area contributed by atoms with Crippen molar-refractivity contribution in [3.63, 3.8) is 0 Å². The van der Waals surface area contributed by atoms with Crippen LogP contribution < -0.4 is 0 Å². The van der Waals surface area contributed by atoms with Crippen LogP contribution >= 0.6 is 0 Å². The number of phenols is 3. The normalized spacial score (nSPS) is 24.0. The summed E-state index contributed by atoms with van der Waals surface area (Å²) < 4.78 is 0. The summed E-state index contributed by atoms with van der Waals surface area (Å²) in [5.41, 5.74) is 2.04. The largest absolute Gasteiger partial charge is 0.508 e. The van der Waals surface area contributed by atoms with E-state index in [0.717, 1.165) is 37.2 Å². The van der Waals surface area contributed by atoms with Crippen LogP contribution in [-0.4, -0.2) is 15.3 Å². The van der Waals surface area contributed by atoms with Crippen LogP contribution in [-0.2, 0) is 5.41 Å². The number of hydrogen-bond donors (Lipinski definition) is 3. The summed E-state index contributed by atoms with van der Waals surface area (Å²) in [5.74, 6) is 0.883. The van der Waals surface area contributed by atoms with Gasteiger partial charge in [-0.2, -0.15) is 0 Å². The summed E-state index contributed by atoms with van der Waals surface area (Å²) in [4.78, 5) is 0. The molecule has 1 fully saturated rings. The van der Waals surface area contributed by atoms with Gasteiger partial charge in [-0.1, -0.05) is 38.0 Å². The molecule has 2 aromatic carbocycles. The average molecular weight is 326 g/mol. The molecule has 3 heteroatoms. The molecule has 0 aliphatic heterocycles. The molecule has 0 amide bonds. The number of benzene rings is 2. The van der Waals surface area contributed by atoms with Crippen molar-refractivity contribution < 1.29 is 15.3 Å². The molecule has 0 unspecified atom stereocenters. The van der Waals surface area contributed by atoms with Crippen LogP contribution in [0.1, 0.15) is 56.6 Å². The lowest BCUT2D eigenvalue weighted by Crippen LogP contribution is -2.33. The zero-order chi connectivity index (χ0) is 17.2. The van der Waals surface area contributed by atoms with Gasteiger partial charge in [-0.3, -0.25) is 0 Å². The smallest absolute Gasteiger partial charge is 0.157 e. The second-order valence-electron chi connectivity index (χ2n) is 7.06. The Hall–Kier alpha value is -2.16. The summed E-state index contributed by atoms with van der Waals surface area (Å²) in [6.45, 7) is 2.24. The second kappa shape index (κ2) is 6.76. The lowest BCUT2D eigenvalue weighted by atomic mass is 9.62. The van der Waals surface area contributed by atoms with E-state index in [1.807, 2.05) is 18.2 Å². The van der Waals surface area contributed by atoms with E-state index < -0.39 is 0 Å². The third kappa shape index (κ3) is 3.08. The monoisotopic (exact) mass is 326 g/mol. The molecule has 0 bridgehead atoms. The maximum atomic E-state index is 9.98. The van der Waals surface area contributed by atoms with Gasteiger partial charge in [0, 0.05) is 5.41 Å². The van der Waals surface area contributed by atoms with E-state index in [0.29, 0.717) is 0 Å². The fourth-order valence-corrected chi connectivity index (χ4v) is 4.21. The van der Waals surface area contributed by atoms with Crippen LogP contribution in [0.25, 0.3) is 0 Å². The molecule has 128 valence electrons. The highest BCUT2D eigenvalue weighted by Gasteiger charge is 2.38. The minimum atomic E-state index is -0.164. The number of hydrogen-bond acceptors (Lipinski definition) is 3. The third-order valence-corrected chi connectivity index (χ3v) is 5.60. The average Bonchev–Trinajstić information content (AvgIpc) is 2.59. The van der Waals surface area contributed by atoms with Gasteiger partial charge in [0.05, 0.1) is 0 Å². The molecule has 24 heavy (non-hydrogen) atoms. The number of phenolic OH excluding ortho intramolecular Hbond substituents is 3. The van der Waals surface area contributed by atoms with Crippen molar-refractivity contribution in [2.24, 2.45) is 5.92 Å². The Morgan fingerprint density at radius 3 is 2.08 bits per heavy atom. The van der Waals surface area contributed by atoms with Gasteiger partial charge in [0.2, 0.25) is 0 Å². The summed E-state index contributed by atoms with van der Waals surface area (Å²) in [7, 11) is 0. The Kier molecular flexibility index (Phi) is 4.70. The summed E-state index contributed by atoms with van der Waals surface area (Å²) in [5, 5.41) is 29.3. The highest BCUT2D eigenvalue weighted by atomic mass is 16.3. The summed E-state index contributed by atoms with van der Waals surface area (Å²) in [6, 6.07) is 12.6.